The first-order chi connectivity index (χ1) is 10.5. The van der Waals surface area contributed by atoms with Crippen LogP contribution in [0.4, 0.5) is 0 Å². The predicted octanol–water partition coefficient (Wildman–Crippen LogP) is 1.44. The summed E-state index contributed by atoms with van der Waals surface area (Å²) in [6.45, 7) is 0. The van der Waals surface area contributed by atoms with Crippen molar-refractivity contribution in [3.05, 3.63) is 47.2 Å². The molecule has 1 aliphatic heterocycles. The van der Waals surface area contributed by atoms with Crippen LogP contribution >= 0.6 is 0 Å². The van der Waals surface area contributed by atoms with Crippen LogP contribution in [0.1, 0.15) is 18.4 Å². The number of nitrogens with one attached hydrogen (secondary N) is 1. The number of methoxy groups -OCH3 is 2. The van der Waals surface area contributed by atoms with Gasteiger partial charge in [0.2, 0.25) is 0 Å². The maximum Gasteiger partial charge on any atom is 0.125 e. The molecule has 0 amide bonds. The molecule has 0 spiro atoms. The Balaban J connectivity index is 1.82. The molecule has 1 aromatic rings. The fourth-order valence-corrected chi connectivity index (χ4v) is 3.16. The number of hydrogen-bond donors (Lipinski definition) is 3. The molecular formula is C17H23N3O2. The first kappa shape index (κ1) is 14.9. The molecule has 0 radical (unpaired) electrons. The highest BCUT2D eigenvalue weighted by atomic mass is 16.5. The molecule has 0 bridgehead atoms. The Bertz CT molecular complexity index is 639. The summed E-state index contributed by atoms with van der Waals surface area (Å²) in [5.41, 5.74) is 15.4. The van der Waals surface area contributed by atoms with E-state index in [9.17, 15) is 0 Å². The molecule has 0 fully saturated rings. The molecule has 2 atom stereocenters. The van der Waals surface area contributed by atoms with Gasteiger partial charge in [-0.15, -0.1) is 0 Å². The second-order valence-corrected chi connectivity index (χ2v) is 5.93. The van der Waals surface area contributed by atoms with Crippen molar-refractivity contribution in [3.8, 4) is 11.5 Å². The Kier molecular flexibility index (Phi) is 3.85. The molecule has 1 heterocycles. The Labute approximate surface area is 131 Å². The predicted molar refractivity (Wildman–Crippen MR) is 86.7 cm³/mol. The van der Waals surface area contributed by atoms with E-state index in [-0.39, 0.29) is 6.04 Å². The number of benzene rings is 1. The third-order valence-electron chi connectivity index (χ3n) is 4.37. The third-order valence-corrected chi connectivity index (χ3v) is 4.37. The summed E-state index contributed by atoms with van der Waals surface area (Å²) in [7, 11) is 3.30. The lowest BCUT2D eigenvalue weighted by atomic mass is 9.94. The van der Waals surface area contributed by atoms with Crippen molar-refractivity contribution in [2.75, 3.05) is 14.2 Å². The van der Waals surface area contributed by atoms with E-state index in [2.05, 4.69) is 11.4 Å². The molecule has 0 saturated carbocycles. The number of nitrogens with two attached hydrogens (primary N) is 2. The van der Waals surface area contributed by atoms with Crippen molar-refractivity contribution in [3.63, 3.8) is 0 Å². The van der Waals surface area contributed by atoms with Gasteiger partial charge in [-0.1, -0.05) is 12.1 Å². The molecule has 3 rings (SSSR count). The zero-order chi connectivity index (χ0) is 15.7. The maximum atomic E-state index is 6.53. The number of ether oxygens (including phenoxy) is 2. The molecule has 118 valence electrons. The summed E-state index contributed by atoms with van der Waals surface area (Å²) < 4.78 is 10.7. The molecule has 5 N–H and O–H groups in total. The van der Waals surface area contributed by atoms with E-state index in [1.807, 2.05) is 24.3 Å². The maximum absolute atomic E-state index is 6.53. The van der Waals surface area contributed by atoms with Gasteiger partial charge in [-0.25, -0.2) is 0 Å². The van der Waals surface area contributed by atoms with E-state index in [4.69, 9.17) is 20.9 Å². The second kappa shape index (κ2) is 5.66. The van der Waals surface area contributed by atoms with Gasteiger partial charge in [0.25, 0.3) is 0 Å². The molecule has 5 nitrogen and oxygen atoms in total. The Morgan fingerprint density at radius 2 is 2.14 bits per heavy atom. The van der Waals surface area contributed by atoms with Crippen LogP contribution in [0.5, 0.6) is 11.5 Å². The highest BCUT2D eigenvalue weighted by Gasteiger charge is 2.32. The Morgan fingerprint density at radius 1 is 1.32 bits per heavy atom. The number of hydrogen-bond acceptors (Lipinski definition) is 5. The molecule has 0 aromatic heterocycles. The van der Waals surface area contributed by atoms with Gasteiger partial charge in [-0.2, -0.15) is 0 Å². The fourth-order valence-electron chi connectivity index (χ4n) is 3.16. The minimum absolute atomic E-state index is 0.124. The van der Waals surface area contributed by atoms with Crippen molar-refractivity contribution in [2.24, 2.45) is 11.5 Å². The van der Waals surface area contributed by atoms with E-state index in [1.165, 1.54) is 11.3 Å². The summed E-state index contributed by atoms with van der Waals surface area (Å²) in [5, 5.41) is 3.45. The number of rotatable bonds is 4. The Morgan fingerprint density at radius 3 is 2.86 bits per heavy atom. The first-order valence-corrected chi connectivity index (χ1v) is 7.50. The van der Waals surface area contributed by atoms with Crippen molar-refractivity contribution in [2.45, 2.75) is 31.0 Å². The van der Waals surface area contributed by atoms with Crippen molar-refractivity contribution >= 4 is 0 Å². The molecule has 2 unspecified atom stereocenters. The third kappa shape index (κ3) is 2.69. The fraction of sp³-hybridized carbons (Fsp3) is 0.412. The standard InChI is InChI=1S/C17H23N3O2/c1-21-12-4-3-11(16(9-12)22-2)10-17(19)8-7-13-14(18)5-6-15(13)20-17/h3-4,7-9,14,20H,5-6,10,18-19H2,1-2H3. The van der Waals surface area contributed by atoms with Crippen molar-refractivity contribution in [1.29, 1.82) is 0 Å². The average Bonchev–Trinajstić information content (AvgIpc) is 2.87. The van der Waals surface area contributed by atoms with Crippen LogP contribution in [-0.4, -0.2) is 25.9 Å². The van der Waals surface area contributed by atoms with Crippen LogP contribution in [0.3, 0.4) is 0 Å². The van der Waals surface area contributed by atoms with Gasteiger partial charge in [0.05, 0.1) is 14.2 Å². The minimum Gasteiger partial charge on any atom is -0.497 e. The van der Waals surface area contributed by atoms with Gasteiger partial charge in [0, 0.05) is 24.2 Å². The lowest BCUT2D eigenvalue weighted by molar-refractivity contribution is 0.381. The summed E-state index contributed by atoms with van der Waals surface area (Å²) in [6, 6.07) is 5.91. The average molecular weight is 301 g/mol. The summed E-state index contributed by atoms with van der Waals surface area (Å²) in [5.74, 6) is 1.55. The molecule has 0 saturated heterocycles. The SMILES string of the molecule is COc1ccc(CC2(N)C=CC3=C(CCC3N)N2)c(OC)c1. The monoisotopic (exact) mass is 301 g/mol. The smallest absolute Gasteiger partial charge is 0.125 e. The highest BCUT2D eigenvalue weighted by Crippen LogP contribution is 2.32. The normalized spacial score (nSPS) is 26.6. The van der Waals surface area contributed by atoms with Crippen molar-refractivity contribution < 1.29 is 9.47 Å². The first-order valence-electron chi connectivity index (χ1n) is 7.50. The van der Waals surface area contributed by atoms with Crippen LogP contribution in [0.25, 0.3) is 0 Å². The summed E-state index contributed by atoms with van der Waals surface area (Å²) >= 11 is 0. The van der Waals surface area contributed by atoms with E-state index in [0.717, 1.165) is 29.9 Å². The molecule has 2 aliphatic rings. The quantitative estimate of drug-likeness (QED) is 0.784. The van der Waals surface area contributed by atoms with Gasteiger partial charge in [-0.05, 0) is 36.1 Å². The zero-order valence-electron chi connectivity index (χ0n) is 13.1. The van der Waals surface area contributed by atoms with Crippen molar-refractivity contribution in [1.82, 2.24) is 5.32 Å². The topological polar surface area (TPSA) is 82.5 Å². The molecular weight excluding hydrogens is 278 g/mol. The summed E-state index contributed by atoms with van der Waals surface area (Å²) in [4.78, 5) is 0. The van der Waals surface area contributed by atoms with Gasteiger partial charge in [0.15, 0.2) is 0 Å². The van der Waals surface area contributed by atoms with Crippen LogP contribution in [-0.2, 0) is 6.42 Å². The summed E-state index contributed by atoms with van der Waals surface area (Å²) in [6.07, 6.45) is 6.63. The molecule has 1 aromatic carbocycles. The molecule has 5 heteroatoms. The van der Waals surface area contributed by atoms with Gasteiger partial charge < -0.3 is 26.3 Å². The highest BCUT2D eigenvalue weighted by molar-refractivity contribution is 5.45. The lowest BCUT2D eigenvalue weighted by Crippen LogP contribution is -2.54. The van der Waals surface area contributed by atoms with Crippen LogP contribution in [0.15, 0.2) is 41.6 Å². The van der Waals surface area contributed by atoms with Gasteiger partial charge >= 0.3 is 0 Å². The van der Waals surface area contributed by atoms with E-state index in [1.54, 1.807) is 14.2 Å². The zero-order valence-corrected chi connectivity index (χ0v) is 13.1. The lowest BCUT2D eigenvalue weighted by Gasteiger charge is -2.33. The number of allylic oxidation sites excluding steroid dienone is 1. The Hall–Kier alpha value is -1.98. The van der Waals surface area contributed by atoms with E-state index < -0.39 is 5.66 Å². The minimum atomic E-state index is -0.620. The van der Waals surface area contributed by atoms with Crippen LogP contribution in [0.2, 0.25) is 0 Å². The van der Waals surface area contributed by atoms with E-state index in [0.29, 0.717) is 6.42 Å². The molecule has 22 heavy (non-hydrogen) atoms. The van der Waals surface area contributed by atoms with Gasteiger partial charge in [0.1, 0.15) is 17.2 Å². The largest absolute Gasteiger partial charge is 0.497 e. The number of dihydropyridines is 1. The van der Waals surface area contributed by atoms with Crippen LogP contribution < -0.4 is 26.3 Å². The molecule has 1 aliphatic carbocycles. The van der Waals surface area contributed by atoms with E-state index >= 15 is 0 Å². The van der Waals surface area contributed by atoms with Crippen LogP contribution in [0, 0.1) is 0 Å². The second-order valence-electron chi connectivity index (χ2n) is 5.93. The van der Waals surface area contributed by atoms with Gasteiger partial charge in [-0.3, -0.25) is 0 Å².